The second-order valence-corrected chi connectivity index (χ2v) is 5.73. The number of hydrogen-bond donors (Lipinski definition) is 0. The lowest BCUT2D eigenvalue weighted by Crippen LogP contribution is -1.95. The molecule has 0 unspecified atom stereocenters. The average molecular weight is 342 g/mol. The summed E-state index contributed by atoms with van der Waals surface area (Å²) < 4.78 is 13.6. The third kappa shape index (κ3) is 2.57. The normalized spacial score (nSPS) is 11.1. The summed E-state index contributed by atoms with van der Waals surface area (Å²) in [6.07, 6.45) is 0. The fraction of sp³-hybridized carbons (Fsp3) is 0.0667. The van der Waals surface area contributed by atoms with Gasteiger partial charge in [0.1, 0.15) is 11.0 Å². The van der Waals surface area contributed by atoms with Gasteiger partial charge in [-0.2, -0.15) is 0 Å². The van der Waals surface area contributed by atoms with Crippen molar-refractivity contribution in [1.29, 1.82) is 0 Å². The van der Waals surface area contributed by atoms with Crippen LogP contribution in [0.25, 0.3) is 22.3 Å². The standard InChI is InChI=1S/C15H8Cl3FN2/c1-7-5-9-13(10(16)6-7)20-15(21-14(9)18)8-3-2-4-11(19)12(8)17/h2-6H,1H3. The SMILES string of the molecule is Cc1cc(Cl)c2nc(-c3cccc(F)c3Cl)nc(Cl)c2c1. The molecule has 2 aromatic carbocycles. The quantitative estimate of drug-likeness (QED) is 0.530. The number of rotatable bonds is 1. The van der Waals surface area contributed by atoms with Crippen molar-refractivity contribution in [3.63, 3.8) is 0 Å². The molecule has 0 bridgehead atoms. The van der Waals surface area contributed by atoms with E-state index in [0.29, 0.717) is 21.5 Å². The topological polar surface area (TPSA) is 25.8 Å². The lowest BCUT2D eigenvalue weighted by Gasteiger charge is -2.08. The van der Waals surface area contributed by atoms with Gasteiger partial charge in [0.2, 0.25) is 0 Å². The monoisotopic (exact) mass is 340 g/mol. The van der Waals surface area contributed by atoms with Crippen LogP contribution in [-0.4, -0.2) is 9.97 Å². The molecule has 0 radical (unpaired) electrons. The minimum atomic E-state index is -0.538. The second-order valence-electron chi connectivity index (χ2n) is 4.58. The van der Waals surface area contributed by atoms with Crippen molar-refractivity contribution in [2.24, 2.45) is 0 Å². The fourth-order valence-electron chi connectivity index (χ4n) is 2.09. The van der Waals surface area contributed by atoms with Crippen LogP contribution in [0.1, 0.15) is 5.56 Å². The van der Waals surface area contributed by atoms with Crippen molar-refractivity contribution in [2.75, 3.05) is 0 Å². The fourth-order valence-corrected chi connectivity index (χ4v) is 2.84. The molecule has 6 heteroatoms. The minimum Gasteiger partial charge on any atom is -0.226 e. The maximum Gasteiger partial charge on any atom is 0.163 e. The molecule has 1 heterocycles. The van der Waals surface area contributed by atoms with E-state index in [2.05, 4.69) is 9.97 Å². The first-order valence-electron chi connectivity index (χ1n) is 6.05. The van der Waals surface area contributed by atoms with Gasteiger partial charge in [-0.3, -0.25) is 0 Å². The Bertz CT molecular complexity index is 865. The van der Waals surface area contributed by atoms with E-state index < -0.39 is 5.82 Å². The summed E-state index contributed by atoms with van der Waals surface area (Å²) in [7, 11) is 0. The number of aryl methyl sites for hydroxylation is 1. The Balaban J connectivity index is 2.33. The predicted octanol–water partition coefficient (Wildman–Crippen LogP) is 5.70. The van der Waals surface area contributed by atoms with E-state index in [1.54, 1.807) is 12.1 Å². The van der Waals surface area contributed by atoms with Crippen LogP contribution < -0.4 is 0 Å². The minimum absolute atomic E-state index is 0.0452. The van der Waals surface area contributed by atoms with Gasteiger partial charge < -0.3 is 0 Å². The molecule has 0 aliphatic carbocycles. The first-order valence-corrected chi connectivity index (χ1v) is 7.18. The zero-order valence-electron chi connectivity index (χ0n) is 10.8. The first kappa shape index (κ1) is 14.5. The van der Waals surface area contributed by atoms with Gasteiger partial charge in [0.15, 0.2) is 5.82 Å². The Morgan fingerprint density at radius 2 is 1.81 bits per heavy atom. The number of aromatic nitrogens is 2. The number of hydrogen-bond acceptors (Lipinski definition) is 2. The molecule has 0 spiro atoms. The van der Waals surface area contributed by atoms with Gasteiger partial charge in [0, 0.05) is 10.9 Å². The van der Waals surface area contributed by atoms with Crippen molar-refractivity contribution >= 4 is 45.7 Å². The summed E-state index contributed by atoms with van der Waals surface area (Å²) in [6, 6.07) is 8.06. The zero-order valence-corrected chi connectivity index (χ0v) is 13.1. The van der Waals surface area contributed by atoms with Gasteiger partial charge >= 0.3 is 0 Å². The van der Waals surface area contributed by atoms with Gasteiger partial charge in [-0.15, -0.1) is 0 Å². The van der Waals surface area contributed by atoms with Gasteiger partial charge in [0.25, 0.3) is 0 Å². The number of nitrogens with zero attached hydrogens (tertiary/aromatic N) is 2. The average Bonchev–Trinajstić information content (AvgIpc) is 2.43. The largest absolute Gasteiger partial charge is 0.226 e. The molecule has 0 saturated carbocycles. The lowest BCUT2D eigenvalue weighted by atomic mass is 10.1. The Morgan fingerprint density at radius 1 is 1.05 bits per heavy atom. The summed E-state index contributed by atoms with van der Waals surface area (Å²) in [4.78, 5) is 8.57. The van der Waals surface area contributed by atoms with Crippen LogP contribution in [0.5, 0.6) is 0 Å². The zero-order chi connectivity index (χ0) is 15.1. The highest BCUT2D eigenvalue weighted by Gasteiger charge is 2.15. The van der Waals surface area contributed by atoms with E-state index in [9.17, 15) is 4.39 Å². The molecule has 0 N–H and O–H groups in total. The highest BCUT2D eigenvalue weighted by atomic mass is 35.5. The molecule has 0 amide bonds. The van der Waals surface area contributed by atoms with Crippen LogP contribution in [0.15, 0.2) is 30.3 Å². The Kier molecular flexibility index (Phi) is 3.74. The highest BCUT2D eigenvalue weighted by molar-refractivity contribution is 6.38. The van der Waals surface area contributed by atoms with Crippen LogP contribution >= 0.6 is 34.8 Å². The van der Waals surface area contributed by atoms with E-state index >= 15 is 0 Å². The molecule has 3 rings (SSSR count). The van der Waals surface area contributed by atoms with Crippen molar-refractivity contribution in [3.8, 4) is 11.4 Å². The number of fused-ring (bicyclic) bond motifs is 1. The van der Waals surface area contributed by atoms with Gasteiger partial charge in [0.05, 0.1) is 15.6 Å². The van der Waals surface area contributed by atoms with Crippen LogP contribution in [0.4, 0.5) is 4.39 Å². The maximum atomic E-state index is 13.6. The Morgan fingerprint density at radius 3 is 2.57 bits per heavy atom. The summed E-state index contributed by atoms with van der Waals surface area (Å²) in [5.74, 6) is -0.299. The molecular formula is C15H8Cl3FN2. The summed E-state index contributed by atoms with van der Waals surface area (Å²) >= 11 is 18.4. The molecule has 21 heavy (non-hydrogen) atoms. The molecule has 106 valence electrons. The van der Waals surface area contributed by atoms with Gasteiger partial charge in [-0.1, -0.05) is 40.9 Å². The third-order valence-electron chi connectivity index (χ3n) is 3.04. The Hall–Kier alpha value is -1.42. The molecule has 1 aromatic heterocycles. The van der Waals surface area contributed by atoms with E-state index in [4.69, 9.17) is 34.8 Å². The smallest absolute Gasteiger partial charge is 0.163 e. The summed E-state index contributed by atoms with van der Waals surface area (Å²) in [5, 5.41) is 1.32. The Labute approximate surface area is 135 Å². The first-order chi connectivity index (χ1) is 9.97. The van der Waals surface area contributed by atoms with E-state index in [1.807, 2.05) is 13.0 Å². The van der Waals surface area contributed by atoms with Gasteiger partial charge in [-0.25, -0.2) is 14.4 Å². The van der Waals surface area contributed by atoms with Crippen LogP contribution in [0.3, 0.4) is 0 Å². The molecule has 0 aliphatic rings. The lowest BCUT2D eigenvalue weighted by molar-refractivity contribution is 0.628. The molecule has 2 nitrogen and oxygen atoms in total. The predicted molar refractivity (Wildman–Crippen MR) is 84.7 cm³/mol. The van der Waals surface area contributed by atoms with Crippen molar-refractivity contribution in [3.05, 3.63) is 56.9 Å². The van der Waals surface area contributed by atoms with Gasteiger partial charge in [-0.05, 0) is 36.8 Å². The molecule has 0 saturated heterocycles. The van der Waals surface area contributed by atoms with Crippen molar-refractivity contribution < 1.29 is 4.39 Å². The summed E-state index contributed by atoms with van der Waals surface area (Å²) in [6.45, 7) is 1.90. The van der Waals surface area contributed by atoms with Crippen LogP contribution in [0, 0.1) is 12.7 Å². The van der Waals surface area contributed by atoms with Crippen LogP contribution in [0.2, 0.25) is 15.2 Å². The highest BCUT2D eigenvalue weighted by Crippen LogP contribution is 2.33. The maximum absolute atomic E-state index is 13.6. The second kappa shape index (κ2) is 5.41. The number of halogens is 4. The summed E-state index contributed by atoms with van der Waals surface area (Å²) in [5.41, 5.74) is 1.84. The molecule has 0 aliphatic heterocycles. The van der Waals surface area contributed by atoms with E-state index in [-0.39, 0.29) is 16.0 Å². The van der Waals surface area contributed by atoms with Crippen molar-refractivity contribution in [2.45, 2.75) is 6.92 Å². The molecule has 0 atom stereocenters. The van der Waals surface area contributed by atoms with Crippen LogP contribution in [-0.2, 0) is 0 Å². The van der Waals surface area contributed by atoms with E-state index in [1.165, 1.54) is 12.1 Å². The molecular weight excluding hydrogens is 334 g/mol. The molecule has 3 aromatic rings. The van der Waals surface area contributed by atoms with E-state index in [0.717, 1.165) is 5.56 Å². The molecule has 0 fully saturated rings. The number of benzene rings is 2. The van der Waals surface area contributed by atoms with Crippen molar-refractivity contribution in [1.82, 2.24) is 9.97 Å². The third-order valence-corrected chi connectivity index (χ3v) is 4.00.